The topological polar surface area (TPSA) is 71.2 Å². The van der Waals surface area contributed by atoms with Crippen molar-refractivity contribution >= 4 is 22.1 Å². The Hall–Kier alpha value is -1.81. The number of nitrogens with one attached hydrogen (secondary N) is 1. The molecule has 0 aliphatic carbocycles. The highest BCUT2D eigenvalue weighted by Gasteiger charge is 2.03. The van der Waals surface area contributed by atoms with Crippen LogP contribution in [0.25, 0.3) is 10.8 Å². The number of nitrogens with zero attached hydrogens (tertiary/aromatic N) is 1. The summed E-state index contributed by atoms with van der Waals surface area (Å²) in [6.45, 7) is 1.14. The molecule has 0 saturated heterocycles. The molecule has 18 heavy (non-hydrogen) atoms. The summed E-state index contributed by atoms with van der Waals surface area (Å²) in [5, 5.41) is 14.1. The van der Waals surface area contributed by atoms with Crippen molar-refractivity contribution in [2.45, 2.75) is 19.3 Å². The van der Waals surface area contributed by atoms with Crippen molar-refractivity contribution < 1.29 is 5.11 Å². The van der Waals surface area contributed by atoms with Crippen LogP contribution in [0.4, 0.5) is 11.4 Å². The van der Waals surface area contributed by atoms with Crippen LogP contribution in [0.15, 0.2) is 30.6 Å². The molecule has 0 saturated carbocycles. The second kappa shape index (κ2) is 6.21. The zero-order valence-electron chi connectivity index (χ0n) is 10.4. The van der Waals surface area contributed by atoms with Crippen molar-refractivity contribution in [3.8, 4) is 0 Å². The summed E-state index contributed by atoms with van der Waals surface area (Å²) in [6, 6.07) is 5.95. The van der Waals surface area contributed by atoms with Crippen LogP contribution < -0.4 is 11.1 Å². The molecule has 0 radical (unpaired) electrons. The van der Waals surface area contributed by atoms with Crippen LogP contribution in [0.5, 0.6) is 0 Å². The number of aromatic nitrogens is 1. The number of benzene rings is 1. The normalized spacial score (nSPS) is 10.7. The SMILES string of the molecule is Nc1c(NCCCCCO)ccc2cnccc12. The van der Waals surface area contributed by atoms with Crippen LogP contribution in [0, 0.1) is 0 Å². The number of anilines is 2. The Labute approximate surface area is 107 Å². The number of rotatable bonds is 6. The molecule has 0 amide bonds. The highest BCUT2D eigenvalue weighted by molar-refractivity contribution is 5.98. The number of nitrogens with two attached hydrogens (primary N) is 1. The molecule has 0 bridgehead atoms. The van der Waals surface area contributed by atoms with Crippen LogP contribution in [0.2, 0.25) is 0 Å². The Morgan fingerprint density at radius 1 is 1.17 bits per heavy atom. The van der Waals surface area contributed by atoms with Gasteiger partial charge in [0, 0.05) is 36.3 Å². The van der Waals surface area contributed by atoms with Crippen LogP contribution in [-0.4, -0.2) is 23.2 Å². The average molecular weight is 245 g/mol. The molecule has 0 aliphatic rings. The summed E-state index contributed by atoms with van der Waals surface area (Å²) in [5.41, 5.74) is 7.87. The molecule has 0 unspecified atom stereocenters. The van der Waals surface area contributed by atoms with Crippen LogP contribution in [-0.2, 0) is 0 Å². The molecular formula is C14H19N3O. The molecule has 0 fully saturated rings. The summed E-state index contributed by atoms with van der Waals surface area (Å²) in [5.74, 6) is 0. The lowest BCUT2D eigenvalue weighted by Crippen LogP contribution is -2.04. The lowest BCUT2D eigenvalue weighted by molar-refractivity contribution is 0.283. The molecule has 0 spiro atoms. The van der Waals surface area contributed by atoms with Crippen molar-refractivity contribution in [3.05, 3.63) is 30.6 Å². The van der Waals surface area contributed by atoms with E-state index in [2.05, 4.69) is 10.3 Å². The Balaban J connectivity index is 2.03. The van der Waals surface area contributed by atoms with Gasteiger partial charge in [0.25, 0.3) is 0 Å². The lowest BCUT2D eigenvalue weighted by atomic mass is 10.1. The van der Waals surface area contributed by atoms with Gasteiger partial charge in [0.05, 0.1) is 11.4 Å². The standard InChI is InChI=1S/C14H19N3O/c15-14-12-6-8-16-10-11(12)4-5-13(14)17-7-2-1-3-9-18/h4-6,8,10,17-18H,1-3,7,9,15H2. The minimum Gasteiger partial charge on any atom is -0.397 e. The number of fused-ring (bicyclic) bond motifs is 1. The van der Waals surface area contributed by atoms with E-state index in [0.29, 0.717) is 0 Å². The fourth-order valence-corrected chi connectivity index (χ4v) is 1.98. The number of aliphatic hydroxyl groups excluding tert-OH is 1. The first-order chi connectivity index (χ1) is 8.83. The van der Waals surface area contributed by atoms with Gasteiger partial charge in [-0.2, -0.15) is 0 Å². The maximum atomic E-state index is 8.70. The van der Waals surface area contributed by atoms with E-state index in [1.54, 1.807) is 6.20 Å². The first kappa shape index (κ1) is 12.6. The van der Waals surface area contributed by atoms with Crippen molar-refractivity contribution in [2.24, 2.45) is 0 Å². The molecule has 4 heteroatoms. The number of hydrogen-bond donors (Lipinski definition) is 3. The lowest BCUT2D eigenvalue weighted by Gasteiger charge is -2.11. The number of pyridine rings is 1. The minimum atomic E-state index is 0.269. The van der Waals surface area contributed by atoms with Crippen molar-refractivity contribution in [3.63, 3.8) is 0 Å². The van der Waals surface area contributed by atoms with Gasteiger partial charge in [0.2, 0.25) is 0 Å². The summed E-state index contributed by atoms with van der Waals surface area (Å²) in [4.78, 5) is 4.08. The van der Waals surface area contributed by atoms with E-state index in [-0.39, 0.29) is 6.61 Å². The fourth-order valence-electron chi connectivity index (χ4n) is 1.98. The number of unbranched alkanes of at least 4 members (excludes halogenated alkanes) is 2. The predicted octanol–water partition coefficient (Wildman–Crippen LogP) is 2.39. The molecule has 2 rings (SSSR count). The van der Waals surface area contributed by atoms with Gasteiger partial charge in [-0.05, 0) is 31.4 Å². The summed E-state index contributed by atoms with van der Waals surface area (Å²) in [7, 11) is 0. The van der Waals surface area contributed by atoms with E-state index in [1.165, 1.54) is 0 Å². The Morgan fingerprint density at radius 3 is 2.89 bits per heavy atom. The highest BCUT2D eigenvalue weighted by atomic mass is 16.2. The zero-order chi connectivity index (χ0) is 12.8. The third-order valence-corrected chi connectivity index (χ3v) is 3.01. The zero-order valence-corrected chi connectivity index (χ0v) is 10.4. The Morgan fingerprint density at radius 2 is 2.06 bits per heavy atom. The molecule has 1 heterocycles. The van der Waals surface area contributed by atoms with E-state index in [0.717, 1.165) is 48.0 Å². The van der Waals surface area contributed by atoms with Gasteiger partial charge in [-0.3, -0.25) is 4.98 Å². The smallest absolute Gasteiger partial charge is 0.0630 e. The highest BCUT2D eigenvalue weighted by Crippen LogP contribution is 2.27. The van der Waals surface area contributed by atoms with Crippen LogP contribution in [0.1, 0.15) is 19.3 Å². The third kappa shape index (κ3) is 2.90. The summed E-state index contributed by atoms with van der Waals surface area (Å²) < 4.78 is 0. The van der Waals surface area contributed by atoms with Gasteiger partial charge in [0.1, 0.15) is 0 Å². The van der Waals surface area contributed by atoms with Gasteiger partial charge in [-0.15, -0.1) is 0 Å². The largest absolute Gasteiger partial charge is 0.397 e. The number of aliphatic hydroxyl groups is 1. The Bertz CT molecular complexity index is 513. The summed E-state index contributed by atoms with van der Waals surface area (Å²) >= 11 is 0. The van der Waals surface area contributed by atoms with Crippen LogP contribution in [0.3, 0.4) is 0 Å². The van der Waals surface area contributed by atoms with Gasteiger partial charge in [0.15, 0.2) is 0 Å². The predicted molar refractivity (Wildman–Crippen MR) is 75.6 cm³/mol. The quantitative estimate of drug-likeness (QED) is 0.540. The van der Waals surface area contributed by atoms with Crippen molar-refractivity contribution in [1.82, 2.24) is 4.98 Å². The molecular weight excluding hydrogens is 226 g/mol. The maximum Gasteiger partial charge on any atom is 0.0630 e. The molecule has 96 valence electrons. The van der Waals surface area contributed by atoms with Gasteiger partial charge < -0.3 is 16.2 Å². The van der Waals surface area contributed by atoms with E-state index in [4.69, 9.17) is 10.8 Å². The third-order valence-electron chi connectivity index (χ3n) is 3.01. The second-order valence-electron chi connectivity index (χ2n) is 4.33. The minimum absolute atomic E-state index is 0.269. The summed E-state index contributed by atoms with van der Waals surface area (Å²) in [6.07, 6.45) is 6.50. The van der Waals surface area contributed by atoms with E-state index in [9.17, 15) is 0 Å². The molecule has 0 aliphatic heterocycles. The number of nitrogen functional groups attached to an aromatic ring is 1. The molecule has 1 aromatic heterocycles. The maximum absolute atomic E-state index is 8.70. The molecule has 1 aromatic carbocycles. The molecule has 2 aromatic rings. The van der Waals surface area contributed by atoms with E-state index in [1.807, 2.05) is 24.4 Å². The van der Waals surface area contributed by atoms with Gasteiger partial charge in [-0.1, -0.05) is 6.07 Å². The first-order valence-corrected chi connectivity index (χ1v) is 6.30. The number of hydrogen-bond acceptors (Lipinski definition) is 4. The first-order valence-electron chi connectivity index (χ1n) is 6.30. The van der Waals surface area contributed by atoms with E-state index < -0.39 is 0 Å². The second-order valence-corrected chi connectivity index (χ2v) is 4.33. The van der Waals surface area contributed by atoms with E-state index >= 15 is 0 Å². The van der Waals surface area contributed by atoms with Crippen LogP contribution >= 0.6 is 0 Å². The molecule has 0 atom stereocenters. The molecule has 4 nitrogen and oxygen atoms in total. The van der Waals surface area contributed by atoms with Gasteiger partial charge >= 0.3 is 0 Å². The average Bonchev–Trinajstić information content (AvgIpc) is 2.41. The van der Waals surface area contributed by atoms with Crippen molar-refractivity contribution in [1.29, 1.82) is 0 Å². The monoisotopic (exact) mass is 245 g/mol. The molecule has 4 N–H and O–H groups in total. The fraction of sp³-hybridized carbons (Fsp3) is 0.357. The van der Waals surface area contributed by atoms with Crippen molar-refractivity contribution in [2.75, 3.05) is 24.2 Å². The van der Waals surface area contributed by atoms with Gasteiger partial charge in [-0.25, -0.2) is 0 Å². The Kier molecular flexibility index (Phi) is 4.36.